The summed E-state index contributed by atoms with van der Waals surface area (Å²) in [7, 11) is -3.16. The predicted molar refractivity (Wildman–Crippen MR) is 90.5 cm³/mol. The van der Waals surface area contributed by atoms with Crippen molar-refractivity contribution in [1.29, 1.82) is 0 Å². The number of hydrogen-bond donors (Lipinski definition) is 1. The van der Waals surface area contributed by atoms with Crippen LogP contribution in [0.2, 0.25) is 0 Å². The molecule has 1 aliphatic heterocycles. The number of anilines is 2. The zero-order valence-corrected chi connectivity index (χ0v) is 14.2. The monoisotopic (exact) mass is 342 g/mol. The van der Waals surface area contributed by atoms with Crippen LogP contribution in [0.15, 0.2) is 18.2 Å². The van der Waals surface area contributed by atoms with E-state index in [0.717, 1.165) is 5.69 Å². The number of piperazine rings is 1. The summed E-state index contributed by atoms with van der Waals surface area (Å²) >= 11 is 0. The molecule has 8 nitrogen and oxygen atoms in total. The molecule has 1 heterocycles. The smallest absolute Gasteiger partial charge is 0.292 e. The van der Waals surface area contributed by atoms with E-state index in [1.807, 2.05) is 11.8 Å². The number of nitro benzene ring substituents is 1. The first-order chi connectivity index (χ1) is 10.9. The van der Waals surface area contributed by atoms with Crippen LogP contribution in [0.3, 0.4) is 0 Å². The molecule has 23 heavy (non-hydrogen) atoms. The SMILES string of the molecule is CCNc1cc(N2CCN(S(=O)(=O)CC)CC2)ccc1[N+](=O)[O-]. The fourth-order valence-corrected chi connectivity index (χ4v) is 3.70. The van der Waals surface area contributed by atoms with E-state index in [-0.39, 0.29) is 11.4 Å². The Balaban J connectivity index is 2.15. The van der Waals surface area contributed by atoms with Gasteiger partial charge in [0.2, 0.25) is 10.0 Å². The van der Waals surface area contributed by atoms with E-state index in [2.05, 4.69) is 5.32 Å². The van der Waals surface area contributed by atoms with Gasteiger partial charge in [-0.25, -0.2) is 8.42 Å². The number of sulfonamides is 1. The number of nitrogens with zero attached hydrogens (tertiary/aromatic N) is 3. The van der Waals surface area contributed by atoms with Crippen molar-refractivity contribution in [2.75, 3.05) is 48.7 Å². The lowest BCUT2D eigenvalue weighted by atomic mass is 10.2. The third-order valence-electron chi connectivity index (χ3n) is 3.91. The topological polar surface area (TPSA) is 95.8 Å². The maximum atomic E-state index is 11.9. The van der Waals surface area contributed by atoms with Crippen LogP contribution in [0, 0.1) is 10.1 Å². The van der Waals surface area contributed by atoms with Gasteiger partial charge in [0.25, 0.3) is 5.69 Å². The average molecular weight is 342 g/mol. The van der Waals surface area contributed by atoms with E-state index in [0.29, 0.717) is 38.4 Å². The molecule has 0 unspecified atom stereocenters. The van der Waals surface area contributed by atoms with Gasteiger partial charge in [-0.2, -0.15) is 4.31 Å². The summed E-state index contributed by atoms with van der Waals surface area (Å²) in [6, 6.07) is 4.96. The molecule has 0 aromatic heterocycles. The van der Waals surface area contributed by atoms with Gasteiger partial charge in [0.15, 0.2) is 0 Å². The number of nitrogens with one attached hydrogen (secondary N) is 1. The highest BCUT2D eigenvalue weighted by atomic mass is 32.2. The minimum atomic E-state index is -3.16. The van der Waals surface area contributed by atoms with E-state index in [1.54, 1.807) is 19.1 Å². The molecule has 0 bridgehead atoms. The zero-order chi connectivity index (χ0) is 17.0. The third kappa shape index (κ3) is 3.91. The van der Waals surface area contributed by atoms with Crippen molar-refractivity contribution in [3.8, 4) is 0 Å². The van der Waals surface area contributed by atoms with E-state index in [9.17, 15) is 18.5 Å². The van der Waals surface area contributed by atoms with Gasteiger partial charge in [-0.05, 0) is 26.0 Å². The molecule has 1 aromatic rings. The Morgan fingerprint density at radius 2 is 1.87 bits per heavy atom. The molecule has 1 N–H and O–H groups in total. The van der Waals surface area contributed by atoms with Crippen LogP contribution in [0.1, 0.15) is 13.8 Å². The van der Waals surface area contributed by atoms with E-state index in [4.69, 9.17) is 0 Å². The van der Waals surface area contributed by atoms with E-state index in [1.165, 1.54) is 10.4 Å². The number of benzene rings is 1. The van der Waals surface area contributed by atoms with Gasteiger partial charge < -0.3 is 10.2 Å². The zero-order valence-electron chi connectivity index (χ0n) is 13.4. The molecule has 0 aliphatic carbocycles. The Hall–Kier alpha value is -1.87. The van der Waals surface area contributed by atoms with E-state index < -0.39 is 14.9 Å². The predicted octanol–water partition coefficient (Wildman–Crippen LogP) is 1.50. The Bertz CT molecular complexity index is 669. The fourth-order valence-electron chi connectivity index (χ4n) is 2.62. The molecule has 0 radical (unpaired) electrons. The lowest BCUT2D eigenvalue weighted by Gasteiger charge is -2.35. The number of nitro groups is 1. The molecule has 9 heteroatoms. The Labute approximate surface area is 136 Å². The highest BCUT2D eigenvalue weighted by Crippen LogP contribution is 2.30. The first-order valence-corrected chi connectivity index (χ1v) is 9.25. The van der Waals surface area contributed by atoms with Crippen LogP contribution in [-0.2, 0) is 10.0 Å². The van der Waals surface area contributed by atoms with Crippen molar-refractivity contribution in [3.05, 3.63) is 28.3 Å². The standard InChI is InChI=1S/C14H22N4O4S/c1-3-15-13-11-12(5-6-14(13)18(19)20)16-7-9-17(10-8-16)23(21,22)4-2/h5-6,11,15H,3-4,7-10H2,1-2H3. The summed E-state index contributed by atoms with van der Waals surface area (Å²) in [4.78, 5) is 12.7. The molecule has 128 valence electrons. The molecule has 1 aliphatic rings. The van der Waals surface area contributed by atoms with Crippen LogP contribution in [0.5, 0.6) is 0 Å². The molecule has 0 spiro atoms. The van der Waals surface area contributed by atoms with Gasteiger partial charge in [-0.1, -0.05) is 0 Å². The molecular formula is C14H22N4O4S. The second-order valence-electron chi connectivity index (χ2n) is 5.28. The second-order valence-corrected chi connectivity index (χ2v) is 7.53. The highest BCUT2D eigenvalue weighted by molar-refractivity contribution is 7.89. The van der Waals surface area contributed by atoms with Crippen LogP contribution in [-0.4, -0.2) is 56.1 Å². The lowest BCUT2D eigenvalue weighted by molar-refractivity contribution is -0.383. The number of rotatable bonds is 6. The fraction of sp³-hybridized carbons (Fsp3) is 0.571. The quantitative estimate of drug-likeness (QED) is 0.622. The van der Waals surface area contributed by atoms with Crippen molar-refractivity contribution in [2.24, 2.45) is 0 Å². The first-order valence-electron chi connectivity index (χ1n) is 7.64. The van der Waals surface area contributed by atoms with Gasteiger partial charge in [0, 0.05) is 44.5 Å². The van der Waals surface area contributed by atoms with Gasteiger partial charge in [0.1, 0.15) is 5.69 Å². The second kappa shape index (κ2) is 7.14. The Kier molecular flexibility index (Phi) is 5.42. The summed E-state index contributed by atoms with van der Waals surface area (Å²) in [6.07, 6.45) is 0. The third-order valence-corrected chi connectivity index (χ3v) is 5.79. The summed E-state index contributed by atoms with van der Waals surface area (Å²) in [5.74, 6) is 0.106. The van der Waals surface area contributed by atoms with Crippen LogP contribution < -0.4 is 10.2 Å². The van der Waals surface area contributed by atoms with Gasteiger partial charge in [-0.15, -0.1) is 0 Å². The normalized spacial score (nSPS) is 16.3. The molecule has 1 aromatic carbocycles. The van der Waals surface area contributed by atoms with Crippen molar-refractivity contribution in [2.45, 2.75) is 13.8 Å². The molecule has 0 amide bonds. The summed E-state index contributed by atoms with van der Waals surface area (Å²) in [6.45, 7) is 6.12. The van der Waals surface area contributed by atoms with Crippen molar-refractivity contribution < 1.29 is 13.3 Å². The van der Waals surface area contributed by atoms with Crippen molar-refractivity contribution in [1.82, 2.24) is 4.31 Å². The first kappa shape index (κ1) is 17.5. The van der Waals surface area contributed by atoms with Crippen LogP contribution >= 0.6 is 0 Å². The molecular weight excluding hydrogens is 320 g/mol. The van der Waals surface area contributed by atoms with Gasteiger partial charge in [0.05, 0.1) is 10.7 Å². The average Bonchev–Trinajstić information content (AvgIpc) is 2.55. The van der Waals surface area contributed by atoms with Crippen LogP contribution in [0.25, 0.3) is 0 Å². The molecule has 1 saturated heterocycles. The largest absolute Gasteiger partial charge is 0.380 e. The van der Waals surface area contributed by atoms with Gasteiger partial charge >= 0.3 is 0 Å². The minimum absolute atomic E-state index is 0.0443. The molecule has 2 rings (SSSR count). The Morgan fingerprint density at radius 3 is 2.39 bits per heavy atom. The van der Waals surface area contributed by atoms with Gasteiger partial charge in [-0.3, -0.25) is 10.1 Å². The van der Waals surface area contributed by atoms with E-state index >= 15 is 0 Å². The lowest BCUT2D eigenvalue weighted by Crippen LogP contribution is -2.49. The number of hydrogen-bond acceptors (Lipinski definition) is 6. The van der Waals surface area contributed by atoms with Crippen molar-refractivity contribution >= 4 is 27.1 Å². The summed E-state index contributed by atoms with van der Waals surface area (Å²) in [5.41, 5.74) is 1.39. The molecule has 0 atom stereocenters. The maximum absolute atomic E-state index is 11.9. The molecule has 0 saturated carbocycles. The minimum Gasteiger partial charge on any atom is -0.380 e. The summed E-state index contributed by atoms with van der Waals surface area (Å²) < 4.78 is 25.3. The molecule has 1 fully saturated rings. The maximum Gasteiger partial charge on any atom is 0.292 e. The highest BCUT2D eigenvalue weighted by Gasteiger charge is 2.26. The van der Waals surface area contributed by atoms with Crippen LogP contribution in [0.4, 0.5) is 17.1 Å². The Morgan fingerprint density at radius 1 is 1.22 bits per heavy atom. The summed E-state index contributed by atoms with van der Waals surface area (Å²) in [5, 5.41) is 14.1. The van der Waals surface area contributed by atoms with Crippen molar-refractivity contribution in [3.63, 3.8) is 0 Å².